The SMILES string of the molecule is C[C@@H](O)[C@@H]1CCN(C(=O)NCCOc2ccc(C(F)(F)F)cc2)C1. The molecule has 1 aliphatic heterocycles. The second-order valence-corrected chi connectivity index (χ2v) is 5.84. The average molecular weight is 346 g/mol. The van der Waals surface area contributed by atoms with Crippen LogP contribution in [0, 0.1) is 5.92 Å². The number of likely N-dealkylation sites (tertiary alicyclic amines) is 1. The number of nitrogens with one attached hydrogen (secondary N) is 1. The van der Waals surface area contributed by atoms with Gasteiger partial charge in [0.15, 0.2) is 0 Å². The lowest BCUT2D eigenvalue weighted by Gasteiger charge is -2.18. The van der Waals surface area contributed by atoms with Crippen molar-refractivity contribution >= 4 is 6.03 Å². The van der Waals surface area contributed by atoms with Gasteiger partial charge in [0.2, 0.25) is 0 Å². The number of ether oxygens (including phenoxy) is 1. The second kappa shape index (κ2) is 7.74. The van der Waals surface area contributed by atoms with E-state index in [2.05, 4.69) is 5.32 Å². The molecule has 0 spiro atoms. The second-order valence-electron chi connectivity index (χ2n) is 5.84. The van der Waals surface area contributed by atoms with E-state index in [9.17, 15) is 23.1 Å². The van der Waals surface area contributed by atoms with E-state index in [1.54, 1.807) is 11.8 Å². The van der Waals surface area contributed by atoms with Gasteiger partial charge in [0.1, 0.15) is 12.4 Å². The molecule has 0 aromatic heterocycles. The molecule has 1 aromatic rings. The molecule has 0 saturated carbocycles. The van der Waals surface area contributed by atoms with Gasteiger partial charge in [0.25, 0.3) is 0 Å². The molecule has 2 N–H and O–H groups in total. The Bertz CT molecular complexity index is 546. The van der Waals surface area contributed by atoms with E-state index in [1.807, 2.05) is 0 Å². The van der Waals surface area contributed by atoms with Crippen molar-refractivity contribution in [1.82, 2.24) is 10.2 Å². The number of halogens is 3. The number of amides is 2. The van der Waals surface area contributed by atoms with E-state index in [1.165, 1.54) is 12.1 Å². The van der Waals surface area contributed by atoms with Crippen LogP contribution in [-0.4, -0.2) is 48.4 Å². The quantitative estimate of drug-likeness (QED) is 0.806. The van der Waals surface area contributed by atoms with Gasteiger partial charge in [-0.3, -0.25) is 0 Å². The highest BCUT2D eigenvalue weighted by molar-refractivity contribution is 5.74. The van der Waals surface area contributed by atoms with Gasteiger partial charge in [-0.15, -0.1) is 0 Å². The number of hydrogen-bond acceptors (Lipinski definition) is 3. The lowest BCUT2D eigenvalue weighted by atomic mass is 10.0. The van der Waals surface area contributed by atoms with Crippen LogP contribution < -0.4 is 10.1 Å². The number of carbonyl (C=O) groups excluding carboxylic acids is 1. The third kappa shape index (κ3) is 5.02. The first-order chi connectivity index (χ1) is 11.3. The molecule has 24 heavy (non-hydrogen) atoms. The molecule has 134 valence electrons. The van der Waals surface area contributed by atoms with E-state index in [0.717, 1.165) is 18.6 Å². The number of nitrogens with zero attached hydrogens (tertiary/aromatic N) is 1. The van der Waals surface area contributed by atoms with Gasteiger partial charge in [-0.25, -0.2) is 4.79 Å². The van der Waals surface area contributed by atoms with Crippen LogP contribution in [0.2, 0.25) is 0 Å². The highest BCUT2D eigenvalue weighted by Gasteiger charge is 2.30. The summed E-state index contributed by atoms with van der Waals surface area (Å²) in [7, 11) is 0. The summed E-state index contributed by atoms with van der Waals surface area (Å²) >= 11 is 0. The van der Waals surface area contributed by atoms with Gasteiger partial charge >= 0.3 is 12.2 Å². The van der Waals surface area contributed by atoms with E-state index in [4.69, 9.17) is 4.74 Å². The molecule has 1 fully saturated rings. The van der Waals surface area contributed by atoms with Crippen LogP contribution in [0.15, 0.2) is 24.3 Å². The molecule has 0 bridgehead atoms. The summed E-state index contributed by atoms with van der Waals surface area (Å²) in [4.78, 5) is 13.6. The maximum absolute atomic E-state index is 12.4. The molecule has 5 nitrogen and oxygen atoms in total. The van der Waals surface area contributed by atoms with Gasteiger partial charge in [0.05, 0.1) is 18.2 Å². The number of benzene rings is 1. The predicted octanol–water partition coefficient (Wildman–Crippen LogP) is 2.50. The minimum Gasteiger partial charge on any atom is -0.492 e. The van der Waals surface area contributed by atoms with Crippen molar-refractivity contribution in [3.8, 4) is 5.75 Å². The Labute approximate surface area is 138 Å². The highest BCUT2D eigenvalue weighted by Crippen LogP contribution is 2.30. The van der Waals surface area contributed by atoms with E-state index < -0.39 is 17.8 Å². The normalized spacial score (nSPS) is 19.2. The molecule has 2 atom stereocenters. The Morgan fingerprint density at radius 3 is 2.62 bits per heavy atom. The summed E-state index contributed by atoms with van der Waals surface area (Å²) < 4.78 is 42.6. The largest absolute Gasteiger partial charge is 0.492 e. The fourth-order valence-corrected chi connectivity index (χ4v) is 2.54. The summed E-state index contributed by atoms with van der Waals surface area (Å²) in [5, 5.41) is 12.2. The van der Waals surface area contributed by atoms with Crippen LogP contribution in [0.3, 0.4) is 0 Å². The smallest absolute Gasteiger partial charge is 0.416 e. The zero-order valence-electron chi connectivity index (χ0n) is 13.3. The molecule has 0 unspecified atom stereocenters. The summed E-state index contributed by atoms with van der Waals surface area (Å²) in [5.41, 5.74) is -0.732. The van der Waals surface area contributed by atoms with Crippen molar-refractivity contribution in [2.24, 2.45) is 5.92 Å². The van der Waals surface area contributed by atoms with Crippen LogP contribution in [0.4, 0.5) is 18.0 Å². The maximum Gasteiger partial charge on any atom is 0.416 e. The van der Waals surface area contributed by atoms with E-state index in [-0.39, 0.29) is 25.1 Å². The van der Waals surface area contributed by atoms with Crippen molar-refractivity contribution in [1.29, 1.82) is 0 Å². The summed E-state index contributed by atoms with van der Waals surface area (Å²) in [6.07, 6.45) is -4.04. The molecule has 1 saturated heterocycles. The Kier molecular flexibility index (Phi) is 5.93. The zero-order chi connectivity index (χ0) is 17.7. The molecule has 2 rings (SSSR count). The van der Waals surface area contributed by atoms with Crippen molar-refractivity contribution in [3.63, 3.8) is 0 Å². The van der Waals surface area contributed by atoms with E-state index >= 15 is 0 Å². The van der Waals surface area contributed by atoms with Crippen molar-refractivity contribution in [2.75, 3.05) is 26.2 Å². The highest BCUT2D eigenvalue weighted by atomic mass is 19.4. The number of alkyl halides is 3. The number of rotatable bonds is 5. The summed E-state index contributed by atoms with van der Waals surface area (Å²) in [5.74, 6) is 0.409. The van der Waals surface area contributed by atoms with Crippen molar-refractivity contribution < 1.29 is 27.8 Å². The first-order valence-corrected chi connectivity index (χ1v) is 7.78. The minimum atomic E-state index is -4.37. The molecule has 0 aliphatic carbocycles. The number of carbonyl (C=O) groups is 1. The van der Waals surface area contributed by atoms with Gasteiger partial charge in [-0.1, -0.05) is 0 Å². The molecule has 0 radical (unpaired) electrons. The monoisotopic (exact) mass is 346 g/mol. The molecule has 8 heteroatoms. The number of aliphatic hydroxyl groups is 1. The fourth-order valence-electron chi connectivity index (χ4n) is 2.54. The van der Waals surface area contributed by atoms with Gasteiger partial charge in [0, 0.05) is 19.0 Å². The molecular formula is C16H21F3N2O3. The minimum absolute atomic E-state index is 0.0964. The van der Waals surface area contributed by atoms with Gasteiger partial charge < -0.3 is 20.1 Å². The maximum atomic E-state index is 12.4. The third-order valence-corrected chi connectivity index (χ3v) is 4.02. The van der Waals surface area contributed by atoms with E-state index in [0.29, 0.717) is 18.8 Å². The fraction of sp³-hybridized carbons (Fsp3) is 0.562. The first kappa shape index (κ1) is 18.4. The number of hydrogen-bond donors (Lipinski definition) is 2. The zero-order valence-corrected chi connectivity index (χ0v) is 13.3. The van der Waals surface area contributed by atoms with Gasteiger partial charge in [-0.05, 0) is 37.6 Å². The van der Waals surface area contributed by atoms with Crippen molar-refractivity contribution in [2.45, 2.75) is 25.6 Å². The van der Waals surface area contributed by atoms with Crippen LogP contribution in [0.5, 0.6) is 5.75 Å². The van der Waals surface area contributed by atoms with Crippen molar-refractivity contribution in [3.05, 3.63) is 29.8 Å². The lowest BCUT2D eigenvalue weighted by Crippen LogP contribution is -2.40. The Morgan fingerprint density at radius 2 is 2.08 bits per heavy atom. The molecule has 1 aliphatic rings. The Balaban J connectivity index is 1.69. The standard InChI is InChI=1S/C16H21F3N2O3/c1-11(22)12-6-8-21(10-12)15(23)20-7-9-24-14-4-2-13(3-5-14)16(17,18)19/h2-5,11-12,22H,6-10H2,1H3,(H,20,23)/t11-,12-/m1/s1. The molecule has 1 heterocycles. The summed E-state index contributed by atoms with van der Waals surface area (Å²) in [6, 6.07) is 4.17. The number of urea groups is 1. The average Bonchev–Trinajstić information content (AvgIpc) is 3.01. The topological polar surface area (TPSA) is 61.8 Å². The molecule has 1 aromatic carbocycles. The summed E-state index contributed by atoms with van der Waals surface area (Å²) in [6.45, 7) is 3.23. The number of aliphatic hydroxyl groups excluding tert-OH is 1. The lowest BCUT2D eigenvalue weighted by molar-refractivity contribution is -0.137. The third-order valence-electron chi connectivity index (χ3n) is 4.02. The molecule has 2 amide bonds. The predicted molar refractivity (Wildman–Crippen MR) is 81.7 cm³/mol. The Morgan fingerprint density at radius 1 is 1.42 bits per heavy atom. The van der Waals surface area contributed by atoms with Crippen LogP contribution >= 0.6 is 0 Å². The van der Waals surface area contributed by atoms with Crippen LogP contribution in [0.1, 0.15) is 18.9 Å². The first-order valence-electron chi connectivity index (χ1n) is 7.78. The van der Waals surface area contributed by atoms with Crippen LogP contribution in [0.25, 0.3) is 0 Å². The van der Waals surface area contributed by atoms with Crippen LogP contribution in [-0.2, 0) is 6.18 Å². The van der Waals surface area contributed by atoms with Gasteiger partial charge in [-0.2, -0.15) is 13.2 Å². The molecular weight excluding hydrogens is 325 g/mol. The Hall–Kier alpha value is -1.96.